The van der Waals surface area contributed by atoms with E-state index in [1.165, 1.54) is 12.8 Å². The molecule has 1 saturated heterocycles. The molecule has 2 rings (SSSR count). The molecule has 1 aliphatic rings. The molecule has 1 aromatic carbocycles. The number of ether oxygens (including phenoxy) is 1. The highest BCUT2D eigenvalue weighted by molar-refractivity contribution is 5.85. The molecule has 4 nitrogen and oxygen atoms in total. The van der Waals surface area contributed by atoms with Crippen LogP contribution in [0, 0.1) is 0 Å². The number of carbonyl (C=O) groups is 1. The summed E-state index contributed by atoms with van der Waals surface area (Å²) < 4.78 is 5.76. The van der Waals surface area contributed by atoms with Crippen molar-refractivity contribution < 1.29 is 14.6 Å². The molecule has 4 heteroatoms. The van der Waals surface area contributed by atoms with Gasteiger partial charge < -0.3 is 14.7 Å². The van der Waals surface area contributed by atoms with E-state index < -0.39 is 5.97 Å². The fourth-order valence-electron chi connectivity index (χ4n) is 2.22. The lowest BCUT2D eigenvalue weighted by atomic mass is 10.2. The lowest BCUT2D eigenvalue weighted by molar-refractivity contribution is -0.131. The largest absolute Gasteiger partial charge is 0.492 e. The normalized spacial score (nSPS) is 19.9. The Morgan fingerprint density at radius 1 is 1.47 bits per heavy atom. The van der Waals surface area contributed by atoms with E-state index in [4.69, 9.17) is 9.84 Å². The zero-order chi connectivity index (χ0) is 13.7. The number of benzene rings is 1. The quantitative estimate of drug-likeness (QED) is 0.826. The molecule has 1 N–H and O–H groups in total. The van der Waals surface area contributed by atoms with Crippen LogP contribution in [0.15, 0.2) is 30.3 Å². The Labute approximate surface area is 113 Å². The Morgan fingerprint density at radius 2 is 2.21 bits per heavy atom. The number of nitrogens with zero attached hydrogens (tertiary/aromatic N) is 1. The molecule has 102 valence electrons. The van der Waals surface area contributed by atoms with Crippen LogP contribution in [0.5, 0.6) is 5.75 Å². The minimum absolute atomic E-state index is 0.506. The van der Waals surface area contributed by atoms with E-state index in [0.717, 1.165) is 23.9 Å². The van der Waals surface area contributed by atoms with Gasteiger partial charge in [-0.25, -0.2) is 4.79 Å². The van der Waals surface area contributed by atoms with Crippen LogP contribution in [-0.2, 0) is 4.79 Å². The van der Waals surface area contributed by atoms with Crippen LogP contribution < -0.4 is 4.74 Å². The molecule has 1 aromatic rings. The first kappa shape index (κ1) is 13.6. The Bertz CT molecular complexity index is 453. The van der Waals surface area contributed by atoms with E-state index in [1.54, 1.807) is 6.08 Å². The molecule has 0 spiro atoms. The van der Waals surface area contributed by atoms with Gasteiger partial charge in [-0.1, -0.05) is 12.1 Å². The summed E-state index contributed by atoms with van der Waals surface area (Å²) in [5.41, 5.74) is 0.854. The summed E-state index contributed by atoms with van der Waals surface area (Å²) in [4.78, 5) is 12.7. The first-order valence-corrected chi connectivity index (χ1v) is 6.49. The number of likely N-dealkylation sites (tertiary alicyclic amines) is 1. The molecular weight excluding hydrogens is 242 g/mol. The van der Waals surface area contributed by atoms with Gasteiger partial charge in [-0.05, 0) is 50.2 Å². The van der Waals surface area contributed by atoms with Gasteiger partial charge in [-0.2, -0.15) is 0 Å². The van der Waals surface area contributed by atoms with E-state index in [1.807, 2.05) is 24.3 Å². The second-order valence-electron chi connectivity index (χ2n) is 4.83. The van der Waals surface area contributed by atoms with Crippen molar-refractivity contribution in [2.45, 2.75) is 18.9 Å². The maximum Gasteiger partial charge on any atom is 0.328 e. The third-order valence-electron chi connectivity index (χ3n) is 3.41. The van der Waals surface area contributed by atoms with Crippen molar-refractivity contribution >= 4 is 12.0 Å². The van der Waals surface area contributed by atoms with E-state index in [0.29, 0.717) is 12.6 Å². The average molecular weight is 261 g/mol. The highest BCUT2D eigenvalue weighted by Crippen LogP contribution is 2.18. The van der Waals surface area contributed by atoms with Gasteiger partial charge in [-0.15, -0.1) is 0 Å². The van der Waals surface area contributed by atoms with Crippen molar-refractivity contribution in [2.24, 2.45) is 0 Å². The van der Waals surface area contributed by atoms with Gasteiger partial charge >= 0.3 is 5.97 Å². The van der Waals surface area contributed by atoms with Crippen molar-refractivity contribution in [3.05, 3.63) is 35.9 Å². The molecule has 0 aliphatic carbocycles. The Kier molecular flexibility index (Phi) is 4.58. The summed E-state index contributed by atoms with van der Waals surface area (Å²) in [6.45, 7) is 1.85. The molecule has 0 radical (unpaired) electrons. The number of hydrogen-bond acceptors (Lipinski definition) is 3. The highest BCUT2D eigenvalue weighted by atomic mass is 16.5. The van der Waals surface area contributed by atoms with Gasteiger partial charge in [0.25, 0.3) is 0 Å². The summed E-state index contributed by atoms with van der Waals surface area (Å²) in [6.07, 6.45) is 5.12. The van der Waals surface area contributed by atoms with Crippen LogP contribution in [0.2, 0.25) is 0 Å². The lowest BCUT2D eigenvalue weighted by Crippen LogP contribution is -2.30. The topological polar surface area (TPSA) is 49.8 Å². The van der Waals surface area contributed by atoms with Gasteiger partial charge in [0.1, 0.15) is 12.4 Å². The third-order valence-corrected chi connectivity index (χ3v) is 3.41. The fraction of sp³-hybridized carbons (Fsp3) is 0.400. The summed E-state index contributed by atoms with van der Waals surface area (Å²) in [5, 5.41) is 8.54. The maximum absolute atomic E-state index is 10.4. The van der Waals surface area contributed by atoms with Crippen LogP contribution in [0.4, 0.5) is 0 Å². The molecule has 0 amide bonds. The van der Waals surface area contributed by atoms with Gasteiger partial charge in [0.2, 0.25) is 0 Å². The SMILES string of the molecule is CN1CCC[C@H]1COc1ccc(C=CC(=O)O)cc1. The minimum atomic E-state index is -0.940. The smallest absolute Gasteiger partial charge is 0.328 e. The predicted octanol–water partition coefficient (Wildman–Crippen LogP) is 2.26. The molecule has 0 saturated carbocycles. The van der Waals surface area contributed by atoms with Crippen molar-refractivity contribution in [2.75, 3.05) is 20.2 Å². The summed E-state index contributed by atoms with van der Waals surface area (Å²) in [5.74, 6) is -0.114. The Morgan fingerprint density at radius 3 is 2.79 bits per heavy atom. The maximum atomic E-state index is 10.4. The van der Waals surface area contributed by atoms with Crippen LogP contribution in [0.25, 0.3) is 6.08 Å². The Hall–Kier alpha value is -1.81. The first-order chi connectivity index (χ1) is 9.15. The predicted molar refractivity (Wildman–Crippen MR) is 74.3 cm³/mol. The number of hydrogen-bond donors (Lipinski definition) is 1. The van der Waals surface area contributed by atoms with Gasteiger partial charge in [0, 0.05) is 12.1 Å². The summed E-state index contributed by atoms with van der Waals surface area (Å²) in [6, 6.07) is 7.96. The summed E-state index contributed by atoms with van der Waals surface area (Å²) >= 11 is 0. The first-order valence-electron chi connectivity index (χ1n) is 6.49. The molecule has 0 bridgehead atoms. The standard InChI is InChI=1S/C15H19NO3/c1-16-10-2-3-13(16)11-19-14-7-4-12(5-8-14)6-9-15(17)18/h4-9,13H,2-3,10-11H2,1H3,(H,17,18)/t13-/m0/s1. The minimum Gasteiger partial charge on any atom is -0.492 e. The second kappa shape index (κ2) is 6.38. The molecule has 1 aliphatic heterocycles. The van der Waals surface area contributed by atoms with E-state index in [2.05, 4.69) is 11.9 Å². The van der Waals surface area contributed by atoms with Crippen molar-refractivity contribution in [3.8, 4) is 5.75 Å². The van der Waals surface area contributed by atoms with E-state index in [9.17, 15) is 4.79 Å². The number of carboxylic acid groups (broad SMARTS) is 1. The van der Waals surface area contributed by atoms with Crippen molar-refractivity contribution in [1.29, 1.82) is 0 Å². The molecular formula is C15H19NO3. The Balaban J connectivity index is 1.86. The number of rotatable bonds is 5. The molecule has 0 aromatic heterocycles. The average Bonchev–Trinajstić information content (AvgIpc) is 2.81. The number of carboxylic acids is 1. The molecule has 1 atom stereocenters. The van der Waals surface area contributed by atoms with Gasteiger partial charge in [0.15, 0.2) is 0 Å². The zero-order valence-corrected chi connectivity index (χ0v) is 11.1. The van der Waals surface area contributed by atoms with Gasteiger partial charge in [-0.3, -0.25) is 0 Å². The summed E-state index contributed by atoms with van der Waals surface area (Å²) in [7, 11) is 2.13. The third kappa shape index (κ3) is 4.10. The monoisotopic (exact) mass is 261 g/mol. The van der Waals surface area contributed by atoms with Crippen LogP contribution in [-0.4, -0.2) is 42.2 Å². The number of aliphatic carboxylic acids is 1. The van der Waals surface area contributed by atoms with E-state index >= 15 is 0 Å². The van der Waals surface area contributed by atoms with Crippen LogP contribution in [0.1, 0.15) is 18.4 Å². The molecule has 19 heavy (non-hydrogen) atoms. The van der Waals surface area contributed by atoms with Crippen LogP contribution >= 0.6 is 0 Å². The fourth-order valence-corrected chi connectivity index (χ4v) is 2.22. The molecule has 1 fully saturated rings. The highest BCUT2D eigenvalue weighted by Gasteiger charge is 2.21. The van der Waals surface area contributed by atoms with Crippen molar-refractivity contribution in [1.82, 2.24) is 4.90 Å². The zero-order valence-electron chi connectivity index (χ0n) is 11.1. The van der Waals surface area contributed by atoms with Gasteiger partial charge in [0.05, 0.1) is 0 Å². The van der Waals surface area contributed by atoms with E-state index in [-0.39, 0.29) is 0 Å². The second-order valence-corrected chi connectivity index (χ2v) is 4.83. The molecule has 1 heterocycles. The lowest BCUT2D eigenvalue weighted by Gasteiger charge is -2.19. The molecule has 0 unspecified atom stereocenters. The van der Waals surface area contributed by atoms with Crippen molar-refractivity contribution in [3.63, 3.8) is 0 Å². The number of likely N-dealkylation sites (N-methyl/N-ethyl adjacent to an activating group) is 1. The van der Waals surface area contributed by atoms with Crippen LogP contribution in [0.3, 0.4) is 0 Å².